The molecule has 0 atom stereocenters. The topological polar surface area (TPSA) is 30.2 Å². The molecule has 106 valence electrons. The number of hydrogen-bond donors (Lipinski definition) is 0. The van der Waals surface area contributed by atoms with Crippen LogP contribution in [0.3, 0.4) is 0 Å². The van der Waals surface area contributed by atoms with E-state index in [1.165, 1.54) is 6.07 Å². The third kappa shape index (κ3) is 2.09. The second-order valence-electron chi connectivity index (χ2n) is 5.14. The van der Waals surface area contributed by atoms with E-state index in [0.29, 0.717) is 21.8 Å². The lowest BCUT2D eigenvalue weighted by atomic mass is 10.0. The molecule has 3 heteroatoms. The number of fused-ring (bicyclic) bond motifs is 2. The van der Waals surface area contributed by atoms with Gasteiger partial charge in [0.2, 0.25) is 0 Å². The Balaban J connectivity index is 2.06. The first-order valence-corrected chi connectivity index (χ1v) is 7.32. The minimum atomic E-state index is -0.0687. The minimum absolute atomic E-state index is 0.0687. The second-order valence-corrected chi connectivity index (χ2v) is 5.58. The lowest BCUT2D eigenvalue weighted by Gasteiger charge is -2.07. The van der Waals surface area contributed by atoms with Crippen molar-refractivity contribution in [1.29, 1.82) is 0 Å². The fraction of sp³-hybridized carbons (Fsp3) is 0. The average Bonchev–Trinajstić information content (AvgIpc) is 2.53. The van der Waals surface area contributed by atoms with Crippen LogP contribution in [0.4, 0.5) is 0 Å². The van der Waals surface area contributed by atoms with Crippen LogP contribution in [0.2, 0.25) is 5.02 Å². The molecule has 0 aliphatic rings. The van der Waals surface area contributed by atoms with Crippen molar-refractivity contribution in [2.45, 2.75) is 0 Å². The van der Waals surface area contributed by atoms with Gasteiger partial charge in [0.05, 0.1) is 5.39 Å². The molecule has 0 N–H and O–H groups in total. The van der Waals surface area contributed by atoms with Crippen molar-refractivity contribution in [3.8, 4) is 11.3 Å². The van der Waals surface area contributed by atoms with E-state index in [-0.39, 0.29) is 5.43 Å². The van der Waals surface area contributed by atoms with Crippen LogP contribution in [0.15, 0.2) is 75.9 Å². The van der Waals surface area contributed by atoms with Crippen LogP contribution in [0.1, 0.15) is 0 Å². The monoisotopic (exact) mass is 306 g/mol. The summed E-state index contributed by atoms with van der Waals surface area (Å²) in [5.74, 6) is 0.552. The summed E-state index contributed by atoms with van der Waals surface area (Å²) >= 11 is 6.00. The molecule has 22 heavy (non-hydrogen) atoms. The van der Waals surface area contributed by atoms with Crippen LogP contribution in [0.5, 0.6) is 0 Å². The van der Waals surface area contributed by atoms with Crippen molar-refractivity contribution in [2.75, 3.05) is 0 Å². The number of rotatable bonds is 1. The zero-order valence-electron chi connectivity index (χ0n) is 11.5. The SMILES string of the molecule is O=c1cc(-c2cccc3ccccc23)oc2cc(Cl)ccc12. The molecule has 1 aromatic heterocycles. The Morgan fingerprint density at radius 3 is 2.55 bits per heavy atom. The molecule has 1 heterocycles. The highest BCUT2D eigenvalue weighted by molar-refractivity contribution is 6.31. The molecule has 2 nitrogen and oxygen atoms in total. The molecule has 0 radical (unpaired) electrons. The van der Waals surface area contributed by atoms with Gasteiger partial charge in [-0.1, -0.05) is 54.1 Å². The highest BCUT2D eigenvalue weighted by Gasteiger charge is 2.10. The first-order chi connectivity index (χ1) is 10.7. The predicted octanol–water partition coefficient (Wildman–Crippen LogP) is 5.27. The molecule has 4 rings (SSSR count). The van der Waals surface area contributed by atoms with Crippen molar-refractivity contribution in [3.63, 3.8) is 0 Å². The maximum absolute atomic E-state index is 12.3. The molecule has 3 aromatic carbocycles. The molecule has 0 saturated carbocycles. The quantitative estimate of drug-likeness (QED) is 0.480. The molecule has 0 spiro atoms. The number of benzene rings is 3. The summed E-state index contributed by atoms with van der Waals surface area (Å²) in [5, 5.41) is 3.24. The highest BCUT2D eigenvalue weighted by atomic mass is 35.5. The molecule has 0 amide bonds. The van der Waals surface area contributed by atoms with E-state index in [0.717, 1.165) is 16.3 Å². The summed E-state index contributed by atoms with van der Waals surface area (Å²) in [6, 6.07) is 20.6. The molecular weight excluding hydrogens is 296 g/mol. The highest BCUT2D eigenvalue weighted by Crippen LogP contribution is 2.30. The molecule has 0 bridgehead atoms. The van der Waals surface area contributed by atoms with Crippen molar-refractivity contribution in [3.05, 3.63) is 82.0 Å². The van der Waals surface area contributed by atoms with Gasteiger partial charge in [-0.05, 0) is 22.9 Å². The summed E-state index contributed by atoms with van der Waals surface area (Å²) in [7, 11) is 0. The average molecular weight is 307 g/mol. The summed E-state index contributed by atoms with van der Waals surface area (Å²) < 4.78 is 5.93. The maximum Gasteiger partial charge on any atom is 0.193 e. The van der Waals surface area contributed by atoms with Crippen molar-refractivity contribution < 1.29 is 4.42 Å². The van der Waals surface area contributed by atoms with Crippen LogP contribution in [0.25, 0.3) is 33.1 Å². The van der Waals surface area contributed by atoms with E-state index in [2.05, 4.69) is 0 Å². The fourth-order valence-electron chi connectivity index (χ4n) is 2.70. The van der Waals surface area contributed by atoms with Gasteiger partial charge in [-0.25, -0.2) is 0 Å². The Hall–Kier alpha value is -2.58. The van der Waals surface area contributed by atoms with Gasteiger partial charge in [0.25, 0.3) is 0 Å². The Kier molecular flexibility index (Phi) is 2.98. The molecule has 0 aliphatic heterocycles. The van der Waals surface area contributed by atoms with E-state index in [9.17, 15) is 4.79 Å². The van der Waals surface area contributed by atoms with Gasteiger partial charge in [0, 0.05) is 22.7 Å². The molecule has 4 aromatic rings. The van der Waals surface area contributed by atoms with Crippen LogP contribution < -0.4 is 5.43 Å². The molecule has 0 aliphatic carbocycles. The van der Waals surface area contributed by atoms with Gasteiger partial charge < -0.3 is 4.42 Å². The second kappa shape index (κ2) is 5.00. The lowest BCUT2D eigenvalue weighted by Crippen LogP contribution is -2.00. The zero-order valence-corrected chi connectivity index (χ0v) is 12.3. The Morgan fingerprint density at radius 1 is 0.818 bits per heavy atom. The van der Waals surface area contributed by atoms with Gasteiger partial charge in [-0.3, -0.25) is 4.79 Å². The van der Waals surface area contributed by atoms with Crippen molar-refractivity contribution >= 4 is 33.3 Å². The smallest absolute Gasteiger partial charge is 0.193 e. The molecule has 0 saturated heterocycles. The first kappa shape index (κ1) is 13.1. The predicted molar refractivity (Wildman–Crippen MR) is 90.4 cm³/mol. The summed E-state index contributed by atoms with van der Waals surface area (Å²) in [5.41, 5.74) is 1.33. The Labute approximate surface area is 131 Å². The zero-order chi connectivity index (χ0) is 15.1. The lowest BCUT2D eigenvalue weighted by molar-refractivity contribution is 0.619. The third-order valence-electron chi connectivity index (χ3n) is 3.75. The van der Waals surface area contributed by atoms with Gasteiger partial charge in [-0.15, -0.1) is 0 Å². The van der Waals surface area contributed by atoms with Crippen molar-refractivity contribution in [2.24, 2.45) is 0 Å². The summed E-state index contributed by atoms with van der Waals surface area (Å²) in [4.78, 5) is 12.3. The minimum Gasteiger partial charge on any atom is -0.456 e. The van der Waals surface area contributed by atoms with Crippen LogP contribution in [0, 0.1) is 0 Å². The maximum atomic E-state index is 12.3. The molecule has 0 fully saturated rings. The Bertz CT molecular complexity index is 1060. The van der Waals surface area contributed by atoms with Gasteiger partial charge in [0.1, 0.15) is 11.3 Å². The Morgan fingerprint density at radius 2 is 1.64 bits per heavy atom. The first-order valence-electron chi connectivity index (χ1n) is 6.94. The number of hydrogen-bond acceptors (Lipinski definition) is 2. The van der Waals surface area contributed by atoms with Crippen LogP contribution >= 0.6 is 11.6 Å². The molecule has 0 unspecified atom stereocenters. The van der Waals surface area contributed by atoms with Crippen LogP contribution in [-0.4, -0.2) is 0 Å². The van der Waals surface area contributed by atoms with Gasteiger partial charge in [-0.2, -0.15) is 0 Å². The van der Waals surface area contributed by atoms with Gasteiger partial charge in [0.15, 0.2) is 5.43 Å². The normalized spacial score (nSPS) is 11.1. The van der Waals surface area contributed by atoms with Crippen molar-refractivity contribution in [1.82, 2.24) is 0 Å². The van der Waals surface area contributed by atoms with E-state index in [1.807, 2.05) is 42.5 Å². The summed E-state index contributed by atoms with van der Waals surface area (Å²) in [6.45, 7) is 0. The van der Waals surface area contributed by atoms with E-state index < -0.39 is 0 Å². The fourth-order valence-corrected chi connectivity index (χ4v) is 2.86. The summed E-state index contributed by atoms with van der Waals surface area (Å²) in [6.07, 6.45) is 0. The third-order valence-corrected chi connectivity index (χ3v) is 3.98. The van der Waals surface area contributed by atoms with E-state index >= 15 is 0 Å². The standard InChI is InChI=1S/C19H11ClO2/c20-13-8-9-16-17(21)11-19(22-18(16)10-13)15-7-3-5-12-4-1-2-6-14(12)15/h1-11H. The molecular formula is C19H11ClO2. The largest absolute Gasteiger partial charge is 0.456 e. The van der Waals surface area contributed by atoms with Gasteiger partial charge >= 0.3 is 0 Å². The van der Waals surface area contributed by atoms with E-state index in [4.69, 9.17) is 16.0 Å². The van der Waals surface area contributed by atoms with Crippen LogP contribution in [-0.2, 0) is 0 Å². The van der Waals surface area contributed by atoms with E-state index in [1.54, 1.807) is 18.2 Å². The number of halogens is 1.